The molecule has 3 N–H and O–H groups in total. The van der Waals surface area contributed by atoms with Crippen molar-refractivity contribution in [3.63, 3.8) is 0 Å². The molecular formula is C25H33N3O6. The molecule has 0 radical (unpaired) electrons. The van der Waals surface area contributed by atoms with Crippen molar-refractivity contribution in [1.82, 2.24) is 16.0 Å². The van der Waals surface area contributed by atoms with E-state index in [0.29, 0.717) is 6.42 Å². The monoisotopic (exact) mass is 471 g/mol. The van der Waals surface area contributed by atoms with Crippen LogP contribution < -0.4 is 16.0 Å². The molecule has 184 valence electrons. The Hall–Kier alpha value is -3.75. The Balaban J connectivity index is 1.82. The molecule has 0 aliphatic carbocycles. The van der Waals surface area contributed by atoms with Crippen LogP contribution in [-0.2, 0) is 27.4 Å². The second-order valence-corrected chi connectivity index (χ2v) is 8.56. The van der Waals surface area contributed by atoms with Gasteiger partial charge in [0.15, 0.2) is 0 Å². The lowest BCUT2D eigenvalue weighted by Gasteiger charge is -2.21. The second kappa shape index (κ2) is 13.7. The maximum atomic E-state index is 12.3. The molecule has 0 saturated heterocycles. The Morgan fingerprint density at radius 2 is 1.29 bits per heavy atom. The molecule has 0 aliphatic heterocycles. The van der Waals surface area contributed by atoms with Crippen LogP contribution in [0.2, 0.25) is 0 Å². The maximum Gasteiger partial charge on any atom is 0.407 e. The summed E-state index contributed by atoms with van der Waals surface area (Å²) in [7, 11) is 0. The molecule has 0 aromatic heterocycles. The fourth-order valence-corrected chi connectivity index (χ4v) is 2.80. The lowest BCUT2D eigenvalue weighted by molar-refractivity contribution is 0.0525. The van der Waals surface area contributed by atoms with E-state index in [1.165, 1.54) is 0 Å². The Morgan fingerprint density at radius 1 is 0.765 bits per heavy atom. The SMILES string of the molecule is CC(C)(C)OC(=O)NCC[C@@H](CNC(=O)OCc1ccccc1)NC(=O)OCc1ccccc1. The van der Waals surface area contributed by atoms with Crippen molar-refractivity contribution < 1.29 is 28.6 Å². The van der Waals surface area contributed by atoms with Crippen LogP contribution in [0.1, 0.15) is 38.3 Å². The van der Waals surface area contributed by atoms with E-state index in [0.717, 1.165) is 11.1 Å². The van der Waals surface area contributed by atoms with Crippen molar-refractivity contribution in [3.8, 4) is 0 Å². The van der Waals surface area contributed by atoms with Gasteiger partial charge in [0.1, 0.15) is 18.8 Å². The zero-order chi connectivity index (χ0) is 24.8. The molecule has 2 aromatic rings. The van der Waals surface area contributed by atoms with Gasteiger partial charge in [0.25, 0.3) is 0 Å². The normalized spacial score (nSPS) is 11.6. The highest BCUT2D eigenvalue weighted by molar-refractivity contribution is 5.69. The zero-order valence-electron chi connectivity index (χ0n) is 19.8. The van der Waals surface area contributed by atoms with Crippen LogP contribution in [-0.4, -0.2) is 43.0 Å². The van der Waals surface area contributed by atoms with E-state index < -0.39 is 29.9 Å². The van der Waals surface area contributed by atoms with E-state index in [2.05, 4.69) is 16.0 Å². The smallest absolute Gasteiger partial charge is 0.407 e. The van der Waals surface area contributed by atoms with Gasteiger partial charge >= 0.3 is 18.3 Å². The van der Waals surface area contributed by atoms with Crippen LogP contribution in [0.15, 0.2) is 60.7 Å². The molecule has 9 heteroatoms. The van der Waals surface area contributed by atoms with Crippen LogP contribution in [0.3, 0.4) is 0 Å². The van der Waals surface area contributed by atoms with Crippen molar-refractivity contribution in [2.75, 3.05) is 13.1 Å². The highest BCUT2D eigenvalue weighted by Crippen LogP contribution is 2.07. The summed E-state index contributed by atoms with van der Waals surface area (Å²) in [6, 6.07) is 18.1. The van der Waals surface area contributed by atoms with E-state index in [4.69, 9.17) is 14.2 Å². The van der Waals surface area contributed by atoms with Crippen molar-refractivity contribution in [3.05, 3.63) is 71.8 Å². The molecule has 3 amide bonds. The van der Waals surface area contributed by atoms with Crippen LogP contribution >= 0.6 is 0 Å². The molecule has 0 unspecified atom stereocenters. The molecule has 0 fully saturated rings. The molecular weight excluding hydrogens is 438 g/mol. The van der Waals surface area contributed by atoms with Gasteiger partial charge in [0, 0.05) is 13.1 Å². The summed E-state index contributed by atoms with van der Waals surface area (Å²) in [5.74, 6) is 0. The van der Waals surface area contributed by atoms with Gasteiger partial charge < -0.3 is 30.2 Å². The number of amides is 3. The number of nitrogens with one attached hydrogen (secondary N) is 3. The highest BCUT2D eigenvalue weighted by Gasteiger charge is 2.18. The highest BCUT2D eigenvalue weighted by atomic mass is 16.6. The summed E-state index contributed by atoms with van der Waals surface area (Å²) in [4.78, 5) is 36.2. The van der Waals surface area contributed by atoms with Crippen LogP contribution in [0, 0.1) is 0 Å². The van der Waals surface area contributed by atoms with Crippen LogP contribution in [0.4, 0.5) is 14.4 Å². The lowest BCUT2D eigenvalue weighted by Crippen LogP contribution is -2.46. The fraction of sp³-hybridized carbons (Fsp3) is 0.400. The molecule has 0 spiro atoms. The standard InChI is InChI=1S/C25H33N3O6/c1-25(2,3)34-23(30)26-15-14-21(28-24(31)33-18-20-12-8-5-9-13-20)16-27-22(29)32-17-19-10-6-4-7-11-19/h4-13,21H,14-18H2,1-3H3,(H,26,30)(H,27,29)(H,28,31)/t21-/m0/s1. The second-order valence-electron chi connectivity index (χ2n) is 8.56. The summed E-state index contributed by atoms with van der Waals surface area (Å²) in [6.45, 7) is 5.86. The van der Waals surface area contributed by atoms with Gasteiger partial charge in [-0.3, -0.25) is 0 Å². The Bertz CT molecular complexity index is 900. The number of carbonyl (C=O) groups excluding carboxylic acids is 3. The van der Waals surface area contributed by atoms with Crippen molar-refractivity contribution >= 4 is 18.3 Å². The Labute approximate surface area is 200 Å². The minimum absolute atomic E-state index is 0.0874. The minimum Gasteiger partial charge on any atom is -0.445 e. The predicted octanol–water partition coefficient (Wildman–Crippen LogP) is 4.12. The minimum atomic E-state index is -0.634. The third-order valence-electron chi connectivity index (χ3n) is 4.40. The lowest BCUT2D eigenvalue weighted by atomic mass is 10.2. The average Bonchev–Trinajstić information content (AvgIpc) is 2.80. The number of hydrogen-bond acceptors (Lipinski definition) is 6. The van der Waals surface area contributed by atoms with Gasteiger partial charge in [0.05, 0.1) is 6.04 Å². The molecule has 34 heavy (non-hydrogen) atoms. The summed E-state index contributed by atoms with van der Waals surface area (Å²) < 4.78 is 15.7. The summed E-state index contributed by atoms with van der Waals surface area (Å²) in [5.41, 5.74) is 1.09. The average molecular weight is 472 g/mol. The topological polar surface area (TPSA) is 115 Å². The Kier molecular flexibility index (Phi) is 10.7. The van der Waals surface area contributed by atoms with Crippen molar-refractivity contribution in [1.29, 1.82) is 0 Å². The van der Waals surface area contributed by atoms with E-state index in [9.17, 15) is 14.4 Å². The van der Waals surface area contributed by atoms with Crippen LogP contribution in [0.5, 0.6) is 0 Å². The number of alkyl carbamates (subject to hydrolysis) is 3. The van der Waals surface area contributed by atoms with Crippen molar-refractivity contribution in [2.24, 2.45) is 0 Å². The molecule has 0 heterocycles. The van der Waals surface area contributed by atoms with Crippen LogP contribution in [0.25, 0.3) is 0 Å². The first-order chi connectivity index (χ1) is 16.2. The molecule has 9 nitrogen and oxygen atoms in total. The first kappa shape index (κ1) is 26.5. The molecule has 1 atom stereocenters. The van der Waals surface area contributed by atoms with E-state index in [-0.39, 0.29) is 26.3 Å². The van der Waals surface area contributed by atoms with Gasteiger partial charge in [-0.2, -0.15) is 0 Å². The summed E-state index contributed by atoms with van der Waals surface area (Å²) in [5, 5.41) is 7.99. The largest absolute Gasteiger partial charge is 0.445 e. The number of benzene rings is 2. The molecule has 0 aliphatic rings. The van der Waals surface area contributed by atoms with E-state index >= 15 is 0 Å². The molecule has 2 rings (SSSR count). The number of ether oxygens (including phenoxy) is 3. The third kappa shape index (κ3) is 11.8. The van der Waals surface area contributed by atoms with Gasteiger partial charge in [-0.25, -0.2) is 14.4 Å². The predicted molar refractivity (Wildman–Crippen MR) is 127 cm³/mol. The molecule has 0 saturated carbocycles. The van der Waals surface area contributed by atoms with Gasteiger partial charge in [-0.1, -0.05) is 60.7 Å². The van der Waals surface area contributed by atoms with E-state index in [1.807, 2.05) is 60.7 Å². The number of hydrogen-bond donors (Lipinski definition) is 3. The van der Waals surface area contributed by atoms with Gasteiger partial charge in [-0.05, 0) is 38.3 Å². The number of rotatable bonds is 10. The molecule has 0 bridgehead atoms. The Morgan fingerprint density at radius 3 is 1.82 bits per heavy atom. The van der Waals surface area contributed by atoms with Gasteiger partial charge in [0.2, 0.25) is 0 Å². The maximum absolute atomic E-state index is 12.3. The summed E-state index contributed by atoms with van der Waals surface area (Å²) >= 11 is 0. The zero-order valence-corrected chi connectivity index (χ0v) is 19.8. The third-order valence-corrected chi connectivity index (χ3v) is 4.40. The first-order valence-electron chi connectivity index (χ1n) is 11.1. The van der Waals surface area contributed by atoms with Crippen molar-refractivity contribution in [2.45, 2.75) is 52.0 Å². The van der Waals surface area contributed by atoms with Gasteiger partial charge in [-0.15, -0.1) is 0 Å². The summed E-state index contributed by atoms with van der Waals surface area (Å²) in [6.07, 6.45) is -1.48. The fourth-order valence-electron chi connectivity index (χ4n) is 2.80. The number of carbonyl (C=O) groups is 3. The molecule has 2 aromatic carbocycles. The van der Waals surface area contributed by atoms with E-state index in [1.54, 1.807) is 20.8 Å². The quantitative estimate of drug-likeness (QED) is 0.449. The first-order valence-corrected chi connectivity index (χ1v) is 11.1.